The van der Waals surface area contributed by atoms with E-state index in [0.29, 0.717) is 29.6 Å². The predicted molar refractivity (Wildman–Crippen MR) is 102 cm³/mol. The Hall–Kier alpha value is -1.31. The van der Waals surface area contributed by atoms with Crippen molar-refractivity contribution in [2.24, 2.45) is 11.8 Å². The van der Waals surface area contributed by atoms with E-state index in [2.05, 4.69) is 10.6 Å². The molecule has 3 heterocycles. The van der Waals surface area contributed by atoms with Crippen LogP contribution >= 0.6 is 24.2 Å². The molecule has 0 radical (unpaired) electrons. The van der Waals surface area contributed by atoms with Crippen LogP contribution in [-0.4, -0.2) is 59.9 Å². The van der Waals surface area contributed by atoms with Crippen LogP contribution in [0.25, 0.3) is 0 Å². The number of amides is 2. The summed E-state index contributed by atoms with van der Waals surface area (Å²) in [5, 5.41) is 5.88. The normalized spacial score (nSPS) is 30.5. The lowest BCUT2D eigenvalue weighted by atomic mass is 10.0. The molecule has 0 spiro atoms. The van der Waals surface area contributed by atoms with Gasteiger partial charge in [-0.2, -0.15) is 0 Å². The maximum absolute atomic E-state index is 13.8. The molecule has 0 aliphatic carbocycles. The van der Waals surface area contributed by atoms with E-state index in [1.165, 1.54) is 17.8 Å². The van der Waals surface area contributed by atoms with E-state index in [9.17, 15) is 14.0 Å². The first-order chi connectivity index (χ1) is 12.1. The Morgan fingerprint density at radius 3 is 2.58 bits per heavy atom. The van der Waals surface area contributed by atoms with E-state index in [1.54, 1.807) is 18.2 Å². The lowest BCUT2D eigenvalue weighted by Gasteiger charge is -2.31. The molecular formula is C18H23ClFN3O2S. The first-order valence-corrected chi connectivity index (χ1v) is 9.81. The Balaban J connectivity index is 0.00000196. The summed E-state index contributed by atoms with van der Waals surface area (Å²) >= 11 is 1.45. The molecule has 0 aromatic heterocycles. The fourth-order valence-corrected chi connectivity index (χ4v) is 5.17. The van der Waals surface area contributed by atoms with Gasteiger partial charge in [-0.1, -0.05) is 18.2 Å². The zero-order chi connectivity index (χ0) is 17.4. The van der Waals surface area contributed by atoms with Crippen molar-refractivity contribution in [3.05, 3.63) is 35.6 Å². The highest BCUT2D eigenvalue weighted by Crippen LogP contribution is 2.29. The number of nitrogens with one attached hydrogen (secondary N) is 2. The highest BCUT2D eigenvalue weighted by molar-refractivity contribution is 8.00. The van der Waals surface area contributed by atoms with E-state index < -0.39 is 6.04 Å². The fraction of sp³-hybridized carbons (Fsp3) is 0.556. The second-order valence-corrected chi connectivity index (χ2v) is 8.34. The van der Waals surface area contributed by atoms with Gasteiger partial charge in [-0.3, -0.25) is 9.59 Å². The van der Waals surface area contributed by atoms with E-state index in [-0.39, 0.29) is 35.3 Å². The molecule has 2 amide bonds. The molecule has 2 unspecified atom stereocenters. The number of likely N-dealkylation sites (tertiary alicyclic amines) is 1. The van der Waals surface area contributed by atoms with Crippen LogP contribution in [0.2, 0.25) is 0 Å². The molecule has 4 rings (SSSR count). The lowest BCUT2D eigenvalue weighted by Crippen LogP contribution is -2.55. The van der Waals surface area contributed by atoms with Gasteiger partial charge in [-0.25, -0.2) is 4.39 Å². The molecule has 8 heteroatoms. The second-order valence-electron chi connectivity index (χ2n) is 7.10. The standard InChI is InChI=1S/C18H22FN3O2S.ClH/c19-14-4-2-1-3-11(14)5-16-17(23)21-15(10-25-16)18(24)22-8-12-6-20-7-13(12)9-22;/h1-4,12-13,15-16,20H,5-10H2,(H,21,23);1H/t12-,13+,15?,16?;. The number of thioether (sulfide) groups is 1. The quantitative estimate of drug-likeness (QED) is 0.798. The third-order valence-electron chi connectivity index (χ3n) is 5.44. The van der Waals surface area contributed by atoms with Gasteiger partial charge in [0.05, 0.1) is 5.25 Å². The smallest absolute Gasteiger partial charge is 0.246 e. The average molecular weight is 400 g/mol. The summed E-state index contributed by atoms with van der Waals surface area (Å²) in [6.45, 7) is 3.52. The van der Waals surface area contributed by atoms with Crippen LogP contribution in [0.4, 0.5) is 4.39 Å². The van der Waals surface area contributed by atoms with Gasteiger partial charge in [-0.15, -0.1) is 24.2 Å². The first kappa shape index (κ1) is 19.5. The molecule has 1 aromatic rings. The van der Waals surface area contributed by atoms with Crippen LogP contribution < -0.4 is 10.6 Å². The maximum Gasteiger partial charge on any atom is 0.246 e. The minimum Gasteiger partial charge on any atom is -0.343 e. The van der Waals surface area contributed by atoms with Crippen LogP contribution in [0.15, 0.2) is 24.3 Å². The Bertz CT molecular complexity index is 680. The van der Waals surface area contributed by atoms with E-state index in [1.807, 2.05) is 4.90 Å². The summed E-state index contributed by atoms with van der Waals surface area (Å²) in [7, 11) is 0. The molecule has 4 atom stereocenters. The number of fused-ring (bicyclic) bond motifs is 1. The second kappa shape index (κ2) is 8.15. The van der Waals surface area contributed by atoms with E-state index in [4.69, 9.17) is 0 Å². The van der Waals surface area contributed by atoms with E-state index in [0.717, 1.165) is 26.2 Å². The molecule has 1 aromatic carbocycles. The zero-order valence-electron chi connectivity index (χ0n) is 14.3. The van der Waals surface area contributed by atoms with Gasteiger partial charge in [0.25, 0.3) is 0 Å². The minimum atomic E-state index is -0.457. The topological polar surface area (TPSA) is 61.4 Å². The van der Waals surface area contributed by atoms with Crippen molar-refractivity contribution in [2.45, 2.75) is 17.7 Å². The Morgan fingerprint density at radius 2 is 1.92 bits per heavy atom. The molecule has 3 saturated heterocycles. The van der Waals surface area contributed by atoms with Crippen LogP contribution in [0.5, 0.6) is 0 Å². The van der Waals surface area contributed by atoms with Crippen molar-refractivity contribution in [1.29, 1.82) is 0 Å². The monoisotopic (exact) mass is 399 g/mol. The van der Waals surface area contributed by atoms with E-state index >= 15 is 0 Å². The summed E-state index contributed by atoms with van der Waals surface area (Å²) in [6.07, 6.45) is 0.351. The molecule has 3 fully saturated rings. The number of hydrogen-bond donors (Lipinski definition) is 2. The van der Waals surface area contributed by atoms with Gasteiger partial charge >= 0.3 is 0 Å². The largest absolute Gasteiger partial charge is 0.343 e. The van der Waals surface area contributed by atoms with Crippen molar-refractivity contribution in [3.8, 4) is 0 Å². The number of carbonyl (C=O) groups excluding carboxylic acids is 2. The highest BCUT2D eigenvalue weighted by atomic mass is 35.5. The number of hydrogen-bond acceptors (Lipinski definition) is 4. The third-order valence-corrected chi connectivity index (χ3v) is 6.74. The molecule has 142 valence electrons. The fourth-order valence-electron chi connectivity index (χ4n) is 4.00. The van der Waals surface area contributed by atoms with Crippen molar-refractivity contribution in [3.63, 3.8) is 0 Å². The Kier molecular flexibility index (Phi) is 6.10. The molecule has 3 aliphatic rings. The van der Waals surface area contributed by atoms with Crippen LogP contribution in [0, 0.1) is 17.7 Å². The number of nitrogens with zero attached hydrogens (tertiary/aromatic N) is 1. The van der Waals surface area contributed by atoms with Crippen LogP contribution in [0.3, 0.4) is 0 Å². The SMILES string of the molecule is Cl.O=C1NC(C(=O)N2C[C@H]3CNC[C@H]3C2)CSC1Cc1ccccc1F. The van der Waals surface area contributed by atoms with Gasteiger partial charge in [0, 0.05) is 31.9 Å². The van der Waals surface area contributed by atoms with Gasteiger partial charge in [-0.05, 0) is 29.9 Å². The number of halogens is 2. The Morgan fingerprint density at radius 1 is 1.23 bits per heavy atom. The lowest BCUT2D eigenvalue weighted by molar-refractivity contribution is -0.135. The van der Waals surface area contributed by atoms with Gasteiger partial charge in [0.15, 0.2) is 0 Å². The highest BCUT2D eigenvalue weighted by Gasteiger charge is 2.41. The van der Waals surface area contributed by atoms with Crippen molar-refractivity contribution < 1.29 is 14.0 Å². The molecule has 3 aliphatic heterocycles. The molecule has 5 nitrogen and oxygen atoms in total. The Labute approximate surface area is 162 Å². The molecular weight excluding hydrogens is 377 g/mol. The minimum absolute atomic E-state index is 0. The van der Waals surface area contributed by atoms with Crippen molar-refractivity contribution >= 4 is 36.0 Å². The maximum atomic E-state index is 13.8. The summed E-state index contributed by atoms with van der Waals surface area (Å²) in [6, 6.07) is 6.07. The summed E-state index contributed by atoms with van der Waals surface area (Å²) in [4.78, 5) is 27.0. The number of carbonyl (C=O) groups is 2. The summed E-state index contributed by atoms with van der Waals surface area (Å²) < 4.78 is 13.8. The van der Waals surface area contributed by atoms with Crippen molar-refractivity contribution in [1.82, 2.24) is 15.5 Å². The summed E-state index contributed by atoms with van der Waals surface area (Å²) in [5.74, 6) is 1.22. The van der Waals surface area contributed by atoms with Crippen LogP contribution in [-0.2, 0) is 16.0 Å². The van der Waals surface area contributed by atoms with Crippen molar-refractivity contribution in [2.75, 3.05) is 31.9 Å². The molecule has 2 N–H and O–H groups in total. The molecule has 0 saturated carbocycles. The molecule has 0 bridgehead atoms. The zero-order valence-corrected chi connectivity index (χ0v) is 16.0. The number of benzene rings is 1. The first-order valence-electron chi connectivity index (χ1n) is 8.76. The third kappa shape index (κ3) is 3.85. The number of rotatable bonds is 3. The average Bonchev–Trinajstić information content (AvgIpc) is 3.19. The van der Waals surface area contributed by atoms with Gasteiger partial charge in [0.2, 0.25) is 11.8 Å². The van der Waals surface area contributed by atoms with Gasteiger partial charge in [0.1, 0.15) is 11.9 Å². The van der Waals surface area contributed by atoms with Gasteiger partial charge < -0.3 is 15.5 Å². The van der Waals surface area contributed by atoms with Crippen LogP contribution in [0.1, 0.15) is 5.56 Å². The molecule has 26 heavy (non-hydrogen) atoms. The summed E-state index contributed by atoms with van der Waals surface area (Å²) in [5.41, 5.74) is 0.541. The predicted octanol–water partition coefficient (Wildman–Crippen LogP) is 1.07.